The third-order valence-electron chi connectivity index (χ3n) is 5.31. The van der Waals surface area contributed by atoms with Crippen molar-refractivity contribution in [3.05, 3.63) is 11.3 Å². The number of aryl methyl sites for hydroxylation is 1. The van der Waals surface area contributed by atoms with E-state index in [1.807, 2.05) is 27.7 Å². The van der Waals surface area contributed by atoms with Gasteiger partial charge in [-0.2, -0.15) is 5.10 Å². The lowest BCUT2D eigenvalue weighted by Crippen LogP contribution is -2.79. The SMILES string of the molecule is Cc1[nH]nc(NC(=O)C2(N)C3CCOC3C2(C)C)c1C. The van der Waals surface area contributed by atoms with E-state index in [0.717, 1.165) is 17.7 Å². The fraction of sp³-hybridized carbons (Fsp3) is 0.714. The monoisotopic (exact) mass is 278 g/mol. The summed E-state index contributed by atoms with van der Waals surface area (Å²) >= 11 is 0. The number of H-pyrrole nitrogens is 1. The van der Waals surface area contributed by atoms with Crippen molar-refractivity contribution in [3.63, 3.8) is 0 Å². The molecule has 2 fully saturated rings. The van der Waals surface area contributed by atoms with E-state index in [4.69, 9.17) is 10.5 Å². The molecule has 2 aliphatic rings. The van der Waals surface area contributed by atoms with Crippen LogP contribution < -0.4 is 11.1 Å². The van der Waals surface area contributed by atoms with Gasteiger partial charge in [-0.15, -0.1) is 0 Å². The molecule has 1 saturated carbocycles. The van der Waals surface area contributed by atoms with E-state index in [9.17, 15) is 4.79 Å². The van der Waals surface area contributed by atoms with E-state index < -0.39 is 5.54 Å². The molecule has 1 saturated heterocycles. The molecular formula is C14H22N4O2. The summed E-state index contributed by atoms with van der Waals surface area (Å²) in [6.07, 6.45) is 0.927. The van der Waals surface area contributed by atoms with Gasteiger partial charge in [-0.3, -0.25) is 9.89 Å². The van der Waals surface area contributed by atoms with Crippen LogP contribution in [-0.4, -0.2) is 34.4 Å². The Bertz CT molecular complexity index is 566. The maximum absolute atomic E-state index is 12.7. The van der Waals surface area contributed by atoms with Gasteiger partial charge in [-0.25, -0.2) is 0 Å². The van der Waals surface area contributed by atoms with Gasteiger partial charge < -0.3 is 15.8 Å². The van der Waals surface area contributed by atoms with Crippen LogP contribution in [-0.2, 0) is 9.53 Å². The number of hydrogen-bond acceptors (Lipinski definition) is 4. The zero-order valence-corrected chi connectivity index (χ0v) is 12.4. The Morgan fingerprint density at radius 3 is 2.80 bits per heavy atom. The highest BCUT2D eigenvalue weighted by atomic mass is 16.5. The highest BCUT2D eigenvalue weighted by Crippen LogP contribution is 2.58. The first-order valence-corrected chi connectivity index (χ1v) is 7.03. The van der Waals surface area contributed by atoms with Crippen LogP contribution >= 0.6 is 0 Å². The predicted molar refractivity (Wildman–Crippen MR) is 75.2 cm³/mol. The number of carbonyl (C=O) groups is 1. The van der Waals surface area contributed by atoms with E-state index in [1.165, 1.54) is 0 Å². The first-order chi connectivity index (χ1) is 9.30. The third-order valence-corrected chi connectivity index (χ3v) is 5.31. The van der Waals surface area contributed by atoms with Gasteiger partial charge in [0.05, 0.1) is 6.10 Å². The highest BCUT2D eigenvalue weighted by Gasteiger charge is 2.71. The van der Waals surface area contributed by atoms with Crippen LogP contribution in [0.25, 0.3) is 0 Å². The van der Waals surface area contributed by atoms with Crippen molar-refractivity contribution in [1.82, 2.24) is 10.2 Å². The largest absolute Gasteiger partial charge is 0.377 e. The predicted octanol–water partition coefficient (Wildman–Crippen LogP) is 1.11. The van der Waals surface area contributed by atoms with E-state index in [2.05, 4.69) is 15.5 Å². The fourth-order valence-electron chi connectivity index (χ4n) is 3.66. The maximum atomic E-state index is 12.7. The summed E-state index contributed by atoms with van der Waals surface area (Å²) in [5.74, 6) is 0.497. The number of anilines is 1. The van der Waals surface area contributed by atoms with E-state index in [-0.39, 0.29) is 23.3 Å². The van der Waals surface area contributed by atoms with Gasteiger partial charge in [0.25, 0.3) is 0 Å². The molecular weight excluding hydrogens is 256 g/mol. The first kappa shape index (κ1) is 13.6. The molecule has 2 heterocycles. The molecule has 3 atom stereocenters. The van der Waals surface area contributed by atoms with Crippen LogP contribution in [0.4, 0.5) is 5.82 Å². The summed E-state index contributed by atoms with van der Waals surface area (Å²) in [4.78, 5) is 12.7. The molecule has 4 N–H and O–H groups in total. The second-order valence-corrected chi connectivity index (χ2v) is 6.55. The van der Waals surface area contributed by atoms with Gasteiger partial charge in [0.2, 0.25) is 5.91 Å². The van der Waals surface area contributed by atoms with Crippen molar-refractivity contribution in [2.24, 2.45) is 17.1 Å². The molecule has 0 bridgehead atoms. The number of amides is 1. The molecule has 6 nitrogen and oxygen atoms in total. The van der Waals surface area contributed by atoms with Crippen molar-refractivity contribution >= 4 is 11.7 Å². The lowest BCUT2D eigenvalue weighted by molar-refractivity contribution is -0.170. The zero-order chi connectivity index (χ0) is 14.7. The average molecular weight is 278 g/mol. The lowest BCUT2D eigenvalue weighted by atomic mass is 9.48. The number of ether oxygens (including phenoxy) is 1. The first-order valence-electron chi connectivity index (χ1n) is 7.03. The number of fused-ring (bicyclic) bond motifs is 1. The van der Waals surface area contributed by atoms with Gasteiger partial charge >= 0.3 is 0 Å². The standard InChI is InChI=1S/C14H22N4O2/c1-7-8(2)17-18-11(7)16-12(19)14(15)9-5-6-20-10(9)13(14,3)4/h9-10H,5-6,15H2,1-4H3,(H2,16,17,18,19). The topological polar surface area (TPSA) is 93.0 Å². The number of rotatable bonds is 2. The summed E-state index contributed by atoms with van der Waals surface area (Å²) in [7, 11) is 0. The van der Waals surface area contributed by atoms with Crippen molar-refractivity contribution in [3.8, 4) is 0 Å². The molecule has 1 aromatic rings. The summed E-state index contributed by atoms with van der Waals surface area (Å²) in [5, 5.41) is 9.86. The molecule has 3 rings (SSSR count). The second kappa shape index (κ2) is 4.05. The molecule has 1 aromatic heterocycles. The van der Waals surface area contributed by atoms with E-state index >= 15 is 0 Å². The van der Waals surface area contributed by atoms with E-state index in [0.29, 0.717) is 12.4 Å². The van der Waals surface area contributed by atoms with Gasteiger partial charge in [0.1, 0.15) is 5.54 Å². The molecule has 110 valence electrons. The Labute approximate surface area is 118 Å². The Morgan fingerprint density at radius 1 is 1.50 bits per heavy atom. The number of nitrogens with two attached hydrogens (primary N) is 1. The minimum atomic E-state index is -0.895. The van der Waals surface area contributed by atoms with Crippen LogP contribution in [0.15, 0.2) is 0 Å². The summed E-state index contributed by atoms with van der Waals surface area (Å²) < 4.78 is 5.71. The zero-order valence-electron chi connectivity index (χ0n) is 12.4. The van der Waals surface area contributed by atoms with Gasteiger partial charge in [0, 0.05) is 29.2 Å². The molecule has 1 amide bonds. The molecule has 1 aliphatic heterocycles. The second-order valence-electron chi connectivity index (χ2n) is 6.55. The molecule has 0 aromatic carbocycles. The van der Waals surface area contributed by atoms with Crippen LogP contribution in [0, 0.1) is 25.2 Å². The van der Waals surface area contributed by atoms with Crippen molar-refractivity contribution in [2.45, 2.75) is 45.8 Å². The fourth-order valence-corrected chi connectivity index (χ4v) is 3.66. The maximum Gasteiger partial charge on any atom is 0.246 e. The van der Waals surface area contributed by atoms with Gasteiger partial charge in [0.15, 0.2) is 5.82 Å². The Balaban J connectivity index is 1.85. The van der Waals surface area contributed by atoms with E-state index in [1.54, 1.807) is 0 Å². The average Bonchev–Trinajstić information content (AvgIpc) is 2.99. The summed E-state index contributed by atoms with van der Waals surface area (Å²) in [6, 6.07) is 0. The Hall–Kier alpha value is -1.40. The Kier molecular flexibility index (Phi) is 2.75. The number of hydrogen-bond donors (Lipinski definition) is 3. The smallest absolute Gasteiger partial charge is 0.246 e. The number of nitrogens with zero attached hydrogens (tertiary/aromatic N) is 1. The number of aromatic nitrogens is 2. The third kappa shape index (κ3) is 1.46. The molecule has 0 spiro atoms. The lowest BCUT2D eigenvalue weighted by Gasteiger charge is -2.60. The summed E-state index contributed by atoms with van der Waals surface area (Å²) in [5.41, 5.74) is 7.11. The normalized spacial score (nSPS) is 34.5. The van der Waals surface area contributed by atoms with Crippen LogP contribution in [0.3, 0.4) is 0 Å². The van der Waals surface area contributed by atoms with Crippen molar-refractivity contribution in [2.75, 3.05) is 11.9 Å². The molecule has 3 unspecified atom stereocenters. The van der Waals surface area contributed by atoms with Gasteiger partial charge in [-0.05, 0) is 20.3 Å². The molecule has 1 aliphatic carbocycles. The van der Waals surface area contributed by atoms with Crippen LogP contribution in [0.5, 0.6) is 0 Å². The molecule has 20 heavy (non-hydrogen) atoms. The molecule has 0 radical (unpaired) electrons. The van der Waals surface area contributed by atoms with Crippen LogP contribution in [0.1, 0.15) is 31.5 Å². The van der Waals surface area contributed by atoms with Crippen molar-refractivity contribution < 1.29 is 9.53 Å². The van der Waals surface area contributed by atoms with Gasteiger partial charge in [-0.1, -0.05) is 13.8 Å². The Morgan fingerprint density at radius 2 is 2.20 bits per heavy atom. The number of carbonyl (C=O) groups excluding carboxylic acids is 1. The number of nitrogens with one attached hydrogen (secondary N) is 2. The van der Waals surface area contributed by atoms with Crippen LogP contribution in [0.2, 0.25) is 0 Å². The molecule has 6 heteroatoms. The number of aromatic amines is 1. The summed E-state index contributed by atoms with van der Waals surface area (Å²) in [6.45, 7) is 8.53. The minimum Gasteiger partial charge on any atom is -0.377 e. The quantitative estimate of drug-likeness (QED) is 0.755. The highest BCUT2D eigenvalue weighted by molar-refractivity contribution is 6.00. The van der Waals surface area contributed by atoms with Crippen molar-refractivity contribution in [1.29, 1.82) is 0 Å². The minimum absolute atomic E-state index is 0.0836.